The minimum Gasteiger partial charge on any atom is -0.496 e. The largest absolute Gasteiger partial charge is 0.496 e. The third-order valence-corrected chi connectivity index (χ3v) is 4.74. The van der Waals surface area contributed by atoms with Crippen LogP contribution in [-0.4, -0.2) is 36.6 Å². The molecule has 3 rings (SSSR count). The number of aromatic nitrogens is 1. The van der Waals surface area contributed by atoms with Crippen molar-refractivity contribution in [1.29, 1.82) is 0 Å². The Morgan fingerprint density at radius 2 is 1.79 bits per heavy atom. The molecule has 0 saturated heterocycles. The second-order valence-electron chi connectivity index (χ2n) is 6.78. The van der Waals surface area contributed by atoms with E-state index in [-0.39, 0.29) is 5.91 Å². The van der Waals surface area contributed by atoms with E-state index < -0.39 is 0 Å². The number of halogens is 1. The van der Waals surface area contributed by atoms with Crippen LogP contribution in [0.3, 0.4) is 0 Å². The number of carbonyl (C=O) groups is 1. The van der Waals surface area contributed by atoms with Gasteiger partial charge in [0, 0.05) is 31.5 Å². The van der Waals surface area contributed by atoms with Crippen LogP contribution in [0.1, 0.15) is 21.5 Å². The van der Waals surface area contributed by atoms with Gasteiger partial charge in [-0.2, -0.15) is 0 Å². The number of nitrogens with one attached hydrogen (secondary N) is 1. The Morgan fingerprint density at radius 1 is 1.11 bits per heavy atom. The minimum absolute atomic E-state index is 0.225. The molecule has 0 atom stereocenters. The first kappa shape index (κ1) is 20.0. The van der Waals surface area contributed by atoms with E-state index in [1.54, 1.807) is 19.2 Å². The summed E-state index contributed by atoms with van der Waals surface area (Å²) in [6.45, 7) is 1.25. The molecule has 146 valence electrons. The van der Waals surface area contributed by atoms with E-state index >= 15 is 0 Å². The molecule has 0 fully saturated rings. The predicted molar refractivity (Wildman–Crippen MR) is 112 cm³/mol. The zero-order chi connectivity index (χ0) is 20.1. The van der Waals surface area contributed by atoms with E-state index in [1.807, 2.05) is 61.4 Å². The van der Waals surface area contributed by atoms with E-state index in [2.05, 4.69) is 16.3 Å². The lowest BCUT2D eigenvalue weighted by atomic mass is 10.1. The highest BCUT2D eigenvalue weighted by Gasteiger charge is 2.17. The number of hydrogen-bond acceptors (Lipinski definition) is 3. The molecule has 0 saturated carbocycles. The first-order valence-corrected chi connectivity index (χ1v) is 9.38. The number of methoxy groups -OCH3 is 1. The van der Waals surface area contributed by atoms with Gasteiger partial charge in [0.05, 0.1) is 23.4 Å². The summed E-state index contributed by atoms with van der Waals surface area (Å²) in [6, 6.07) is 15.3. The van der Waals surface area contributed by atoms with Gasteiger partial charge in [-0.1, -0.05) is 35.9 Å². The first-order valence-electron chi connectivity index (χ1n) is 9.00. The molecule has 3 aromatic rings. The van der Waals surface area contributed by atoms with Gasteiger partial charge in [0.25, 0.3) is 5.91 Å². The summed E-state index contributed by atoms with van der Waals surface area (Å²) in [5, 5.41) is 3.46. The molecule has 0 bridgehead atoms. The number of nitrogens with zero attached hydrogens (tertiary/aromatic N) is 2. The lowest BCUT2D eigenvalue weighted by Crippen LogP contribution is -2.24. The lowest BCUT2D eigenvalue weighted by molar-refractivity contribution is 0.0948. The third kappa shape index (κ3) is 4.55. The maximum Gasteiger partial charge on any atom is 0.255 e. The molecule has 5 nitrogen and oxygen atoms in total. The average molecular weight is 398 g/mol. The number of amides is 1. The normalized spacial score (nSPS) is 10.9. The molecule has 0 unspecified atom stereocenters. The SMILES string of the molecule is COc1cc(-n2cccc2)c(Cl)cc1C(=O)NCc1ccccc1CN(C)C. The summed E-state index contributed by atoms with van der Waals surface area (Å²) >= 11 is 6.43. The molecular weight excluding hydrogens is 374 g/mol. The smallest absolute Gasteiger partial charge is 0.255 e. The Hall–Kier alpha value is -2.76. The Morgan fingerprint density at radius 3 is 2.43 bits per heavy atom. The zero-order valence-electron chi connectivity index (χ0n) is 16.3. The molecule has 1 aromatic heterocycles. The monoisotopic (exact) mass is 397 g/mol. The summed E-state index contributed by atoms with van der Waals surface area (Å²) in [4.78, 5) is 14.9. The molecule has 28 heavy (non-hydrogen) atoms. The maximum absolute atomic E-state index is 12.8. The Balaban J connectivity index is 1.81. The van der Waals surface area contributed by atoms with Gasteiger partial charge in [0.1, 0.15) is 5.75 Å². The molecule has 0 aliphatic heterocycles. The van der Waals surface area contributed by atoms with Crippen LogP contribution in [0.15, 0.2) is 60.9 Å². The molecule has 0 aliphatic rings. The summed E-state index contributed by atoms with van der Waals surface area (Å²) < 4.78 is 7.33. The minimum atomic E-state index is -0.225. The Kier molecular flexibility index (Phi) is 6.39. The Bertz CT molecular complexity index is 952. The Labute approximate surface area is 170 Å². The molecule has 0 spiro atoms. The number of rotatable bonds is 7. The highest BCUT2D eigenvalue weighted by Crippen LogP contribution is 2.30. The van der Waals surface area contributed by atoms with Crippen LogP contribution in [0.2, 0.25) is 5.02 Å². The predicted octanol–water partition coefficient (Wildman–Crippen LogP) is 4.13. The summed E-state index contributed by atoms with van der Waals surface area (Å²) in [6.07, 6.45) is 3.78. The topological polar surface area (TPSA) is 46.5 Å². The van der Waals surface area contributed by atoms with Crippen LogP contribution < -0.4 is 10.1 Å². The molecule has 1 N–H and O–H groups in total. The van der Waals surface area contributed by atoms with Crippen LogP contribution in [0.25, 0.3) is 5.69 Å². The third-order valence-electron chi connectivity index (χ3n) is 4.44. The van der Waals surface area contributed by atoms with Gasteiger partial charge >= 0.3 is 0 Å². The van der Waals surface area contributed by atoms with Gasteiger partial charge in [-0.15, -0.1) is 0 Å². The molecule has 1 heterocycles. The van der Waals surface area contributed by atoms with Gasteiger partial charge in [-0.25, -0.2) is 0 Å². The van der Waals surface area contributed by atoms with Crippen molar-refractivity contribution >= 4 is 17.5 Å². The summed E-state index contributed by atoms with van der Waals surface area (Å²) in [5.41, 5.74) is 3.43. The number of hydrogen-bond donors (Lipinski definition) is 1. The molecule has 1 amide bonds. The number of carbonyl (C=O) groups excluding carboxylic acids is 1. The van der Waals surface area contributed by atoms with Crippen LogP contribution in [0, 0.1) is 0 Å². The highest BCUT2D eigenvalue weighted by molar-refractivity contribution is 6.33. The quantitative estimate of drug-likeness (QED) is 0.652. The molecule has 0 radical (unpaired) electrons. The van der Waals surface area contributed by atoms with Crippen molar-refractivity contribution in [2.24, 2.45) is 0 Å². The fraction of sp³-hybridized carbons (Fsp3) is 0.227. The first-order chi connectivity index (χ1) is 13.5. The van der Waals surface area contributed by atoms with Crippen molar-refractivity contribution in [3.63, 3.8) is 0 Å². The second kappa shape index (κ2) is 8.95. The van der Waals surface area contributed by atoms with E-state index in [9.17, 15) is 4.79 Å². The summed E-state index contributed by atoms with van der Waals surface area (Å²) in [7, 11) is 5.59. The maximum atomic E-state index is 12.8. The van der Waals surface area contributed by atoms with Crippen LogP contribution in [0.4, 0.5) is 0 Å². The van der Waals surface area contributed by atoms with E-state index in [0.717, 1.165) is 17.8 Å². The molecule has 2 aromatic carbocycles. The van der Waals surface area contributed by atoms with Gasteiger partial charge in [-0.05, 0) is 43.4 Å². The van der Waals surface area contributed by atoms with E-state index in [4.69, 9.17) is 16.3 Å². The average Bonchev–Trinajstić information content (AvgIpc) is 3.21. The zero-order valence-corrected chi connectivity index (χ0v) is 17.0. The van der Waals surface area contributed by atoms with Crippen molar-refractivity contribution in [2.75, 3.05) is 21.2 Å². The second-order valence-corrected chi connectivity index (χ2v) is 7.19. The van der Waals surface area contributed by atoms with Crippen molar-refractivity contribution in [3.8, 4) is 11.4 Å². The van der Waals surface area contributed by atoms with Gasteiger partial charge < -0.3 is 19.5 Å². The van der Waals surface area contributed by atoms with Crippen molar-refractivity contribution in [2.45, 2.75) is 13.1 Å². The van der Waals surface area contributed by atoms with Gasteiger partial charge in [0.15, 0.2) is 0 Å². The van der Waals surface area contributed by atoms with Crippen LogP contribution in [0.5, 0.6) is 5.75 Å². The highest BCUT2D eigenvalue weighted by atomic mass is 35.5. The van der Waals surface area contributed by atoms with Gasteiger partial charge in [0.2, 0.25) is 0 Å². The lowest BCUT2D eigenvalue weighted by Gasteiger charge is -2.16. The van der Waals surface area contributed by atoms with Crippen LogP contribution >= 0.6 is 11.6 Å². The van der Waals surface area contributed by atoms with Crippen molar-refractivity contribution in [1.82, 2.24) is 14.8 Å². The molecule has 6 heteroatoms. The molecular formula is C22H24ClN3O2. The molecule has 0 aliphatic carbocycles. The van der Waals surface area contributed by atoms with Crippen molar-refractivity contribution in [3.05, 3.63) is 82.6 Å². The van der Waals surface area contributed by atoms with Gasteiger partial charge in [-0.3, -0.25) is 4.79 Å². The van der Waals surface area contributed by atoms with E-state index in [0.29, 0.717) is 22.9 Å². The fourth-order valence-electron chi connectivity index (χ4n) is 3.08. The standard InChI is InChI=1S/C22H24ClN3O2/c1-25(2)15-17-9-5-4-8-16(17)14-24-22(27)18-12-19(23)20(13-21(18)28-3)26-10-6-7-11-26/h4-13H,14-15H2,1-3H3,(H,24,27). The summed E-state index contributed by atoms with van der Waals surface area (Å²) in [5.74, 6) is 0.254. The van der Waals surface area contributed by atoms with Crippen molar-refractivity contribution < 1.29 is 9.53 Å². The van der Waals surface area contributed by atoms with E-state index in [1.165, 1.54) is 5.56 Å². The van der Waals surface area contributed by atoms with Crippen LogP contribution in [-0.2, 0) is 13.1 Å². The number of ether oxygens (including phenoxy) is 1. The fourth-order valence-corrected chi connectivity index (χ4v) is 3.34. The number of benzene rings is 2.